The van der Waals surface area contributed by atoms with Crippen LogP contribution in [0.1, 0.15) is 24.0 Å². The molecule has 0 unspecified atom stereocenters. The van der Waals surface area contributed by atoms with Gasteiger partial charge in [-0.1, -0.05) is 31.9 Å². The van der Waals surface area contributed by atoms with Crippen LogP contribution >= 0.6 is 31.9 Å². The van der Waals surface area contributed by atoms with E-state index in [4.69, 9.17) is 4.74 Å². The summed E-state index contributed by atoms with van der Waals surface area (Å²) in [6.07, 6.45) is 3.66. The van der Waals surface area contributed by atoms with E-state index in [2.05, 4.69) is 48.9 Å². The highest BCUT2D eigenvalue weighted by Gasteiger charge is 2.22. The van der Waals surface area contributed by atoms with Gasteiger partial charge in [0.1, 0.15) is 5.75 Å². The van der Waals surface area contributed by atoms with Crippen LogP contribution in [0.2, 0.25) is 0 Å². The van der Waals surface area contributed by atoms with Gasteiger partial charge in [-0.15, -0.1) is 0 Å². The van der Waals surface area contributed by atoms with Gasteiger partial charge in [-0.3, -0.25) is 4.90 Å². The van der Waals surface area contributed by atoms with Gasteiger partial charge >= 0.3 is 0 Å². The highest BCUT2D eigenvalue weighted by atomic mass is 79.9. The molecule has 1 aromatic carbocycles. The average molecular weight is 389 g/mol. The Kier molecular flexibility index (Phi) is 4.50. The number of likely N-dealkylation sites (tertiary alicyclic amines) is 1. The molecule has 0 bridgehead atoms. The van der Waals surface area contributed by atoms with Gasteiger partial charge in [-0.05, 0) is 49.5 Å². The van der Waals surface area contributed by atoms with E-state index in [1.165, 1.54) is 41.5 Å². The van der Waals surface area contributed by atoms with Gasteiger partial charge in [0, 0.05) is 28.3 Å². The van der Waals surface area contributed by atoms with Crippen molar-refractivity contribution in [2.75, 3.05) is 25.0 Å². The minimum Gasteiger partial charge on any atom is -0.493 e. The number of alkyl halides is 1. The van der Waals surface area contributed by atoms with E-state index >= 15 is 0 Å². The zero-order chi connectivity index (χ0) is 13.2. The molecule has 2 aliphatic rings. The van der Waals surface area contributed by atoms with Crippen molar-refractivity contribution in [1.82, 2.24) is 4.90 Å². The predicted molar refractivity (Wildman–Crippen MR) is 85.1 cm³/mol. The third-order valence-corrected chi connectivity index (χ3v) is 5.52. The van der Waals surface area contributed by atoms with E-state index in [1.807, 2.05) is 0 Å². The number of nitrogens with zero attached hydrogens (tertiary/aromatic N) is 1. The summed E-state index contributed by atoms with van der Waals surface area (Å²) in [6.45, 7) is 4.27. The Labute approximate surface area is 131 Å². The van der Waals surface area contributed by atoms with Gasteiger partial charge in [0.2, 0.25) is 0 Å². The monoisotopic (exact) mass is 387 g/mol. The van der Waals surface area contributed by atoms with Crippen molar-refractivity contribution in [2.45, 2.75) is 25.8 Å². The second-order valence-electron chi connectivity index (χ2n) is 5.53. The second kappa shape index (κ2) is 6.15. The highest BCUT2D eigenvalue weighted by molar-refractivity contribution is 9.10. The highest BCUT2D eigenvalue weighted by Crippen LogP contribution is 2.34. The largest absolute Gasteiger partial charge is 0.493 e. The Bertz CT molecular complexity index is 456. The fourth-order valence-corrected chi connectivity index (χ4v) is 4.20. The molecule has 0 atom stereocenters. The third kappa shape index (κ3) is 3.17. The third-order valence-electron chi connectivity index (χ3n) is 4.14. The first-order valence-electron chi connectivity index (χ1n) is 6.98. The summed E-state index contributed by atoms with van der Waals surface area (Å²) in [6, 6.07) is 4.42. The average Bonchev–Trinajstić information content (AvgIpc) is 2.88. The minimum atomic E-state index is 0.838. The first-order valence-corrected chi connectivity index (χ1v) is 8.90. The summed E-state index contributed by atoms with van der Waals surface area (Å²) in [5.74, 6) is 2.01. The van der Waals surface area contributed by atoms with Crippen LogP contribution < -0.4 is 4.74 Å². The van der Waals surface area contributed by atoms with Crippen LogP contribution in [-0.2, 0) is 13.0 Å². The SMILES string of the molecule is BrCC1CCN(Cc2cc(Br)cc3c2OCC3)CC1. The molecule has 104 valence electrons. The molecule has 1 fully saturated rings. The molecule has 0 spiro atoms. The predicted octanol–water partition coefficient (Wildman–Crippen LogP) is 3.99. The topological polar surface area (TPSA) is 12.5 Å². The molecule has 2 heterocycles. The van der Waals surface area contributed by atoms with Gasteiger partial charge in [0.15, 0.2) is 0 Å². The zero-order valence-electron chi connectivity index (χ0n) is 11.0. The molecule has 2 nitrogen and oxygen atoms in total. The van der Waals surface area contributed by atoms with Crippen LogP contribution in [-0.4, -0.2) is 29.9 Å². The quantitative estimate of drug-likeness (QED) is 0.726. The standard InChI is InChI=1S/C15H19Br2NO/c16-9-11-1-4-18(5-2-11)10-13-8-14(17)7-12-3-6-19-15(12)13/h7-8,11H,1-6,9-10H2. The number of hydrogen-bond acceptors (Lipinski definition) is 2. The Balaban J connectivity index is 1.70. The fraction of sp³-hybridized carbons (Fsp3) is 0.600. The van der Waals surface area contributed by atoms with Gasteiger partial charge in [-0.2, -0.15) is 0 Å². The van der Waals surface area contributed by atoms with Crippen molar-refractivity contribution in [3.05, 3.63) is 27.7 Å². The Morgan fingerprint density at radius 1 is 1.26 bits per heavy atom. The van der Waals surface area contributed by atoms with Crippen LogP contribution in [0.3, 0.4) is 0 Å². The molecule has 3 rings (SSSR count). The normalized spacial score (nSPS) is 20.3. The molecule has 0 radical (unpaired) electrons. The number of fused-ring (bicyclic) bond motifs is 1. The van der Waals surface area contributed by atoms with Gasteiger partial charge in [0.25, 0.3) is 0 Å². The van der Waals surface area contributed by atoms with Crippen molar-refractivity contribution < 1.29 is 4.74 Å². The number of benzene rings is 1. The smallest absolute Gasteiger partial charge is 0.127 e. The van der Waals surface area contributed by atoms with Gasteiger partial charge in [0.05, 0.1) is 6.61 Å². The maximum absolute atomic E-state index is 5.81. The molecule has 0 aliphatic carbocycles. The van der Waals surface area contributed by atoms with E-state index in [0.29, 0.717) is 0 Å². The molecule has 0 amide bonds. The van der Waals surface area contributed by atoms with Gasteiger partial charge < -0.3 is 4.74 Å². The van der Waals surface area contributed by atoms with Crippen LogP contribution in [0.5, 0.6) is 5.75 Å². The number of piperidine rings is 1. The number of halogens is 2. The summed E-state index contributed by atoms with van der Waals surface area (Å²) in [5.41, 5.74) is 2.71. The lowest BCUT2D eigenvalue weighted by atomic mass is 9.98. The Morgan fingerprint density at radius 3 is 2.79 bits per heavy atom. The van der Waals surface area contributed by atoms with Gasteiger partial charge in [-0.25, -0.2) is 0 Å². The molecule has 4 heteroatoms. The summed E-state index contributed by atoms with van der Waals surface area (Å²) in [7, 11) is 0. The van der Waals surface area contributed by atoms with E-state index < -0.39 is 0 Å². The van der Waals surface area contributed by atoms with Crippen molar-refractivity contribution in [3.8, 4) is 5.75 Å². The molecule has 0 aromatic heterocycles. The molecular weight excluding hydrogens is 370 g/mol. The number of hydrogen-bond donors (Lipinski definition) is 0. The maximum atomic E-state index is 5.81. The molecule has 0 saturated carbocycles. The number of ether oxygens (including phenoxy) is 1. The summed E-state index contributed by atoms with van der Waals surface area (Å²) in [4.78, 5) is 2.56. The van der Waals surface area contributed by atoms with Crippen molar-refractivity contribution in [3.63, 3.8) is 0 Å². The molecule has 0 N–H and O–H groups in total. The van der Waals surface area contributed by atoms with Crippen molar-refractivity contribution >= 4 is 31.9 Å². The lowest BCUT2D eigenvalue weighted by Gasteiger charge is -2.31. The first kappa shape index (κ1) is 13.9. The lowest BCUT2D eigenvalue weighted by molar-refractivity contribution is 0.185. The number of rotatable bonds is 3. The zero-order valence-corrected chi connectivity index (χ0v) is 14.2. The fourth-order valence-electron chi connectivity index (χ4n) is 3.00. The molecule has 1 aromatic rings. The summed E-state index contributed by atoms with van der Waals surface area (Å²) >= 11 is 7.22. The van der Waals surface area contributed by atoms with Crippen LogP contribution in [0.25, 0.3) is 0 Å². The molecule has 2 aliphatic heterocycles. The Morgan fingerprint density at radius 2 is 2.05 bits per heavy atom. The molecular formula is C15H19Br2NO. The van der Waals surface area contributed by atoms with Crippen LogP contribution in [0.15, 0.2) is 16.6 Å². The van der Waals surface area contributed by atoms with E-state index in [9.17, 15) is 0 Å². The van der Waals surface area contributed by atoms with E-state index in [0.717, 1.165) is 36.6 Å². The van der Waals surface area contributed by atoms with E-state index in [1.54, 1.807) is 0 Å². The van der Waals surface area contributed by atoms with Crippen molar-refractivity contribution in [2.24, 2.45) is 5.92 Å². The summed E-state index contributed by atoms with van der Waals surface area (Å²) in [5, 5.41) is 1.15. The van der Waals surface area contributed by atoms with E-state index in [-0.39, 0.29) is 0 Å². The minimum absolute atomic E-state index is 0.838. The lowest BCUT2D eigenvalue weighted by Crippen LogP contribution is -2.33. The maximum Gasteiger partial charge on any atom is 0.127 e. The Hall–Kier alpha value is -0.0600. The first-order chi connectivity index (χ1) is 9.26. The summed E-state index contributed by atoms with van der Waals surface area (Å²) < 4.78 is 7.00. The second-order valence-corrected chi connectivity index (χ2v) is 7.09. The molecule has 1 saturated heterocycles. The molecule has 19 heavy (non-hydrogen) atoms. The van der Waals surface area contributed by atoms with Crippen LogP contribution in [0, 0.1) is 5.92 Å². The van der Waals surface area contributed by atoms with Crippen LogP contribution in [0.4, 0.5) is 0 Å². The van der Waals surface area contributed by atoms with Crippen molar-refractivity contribution in [1.29, 1.82) is 0 Å².